The zero-order valence-corrected chi connectivity index (χ0v) is 14.5. The molecular weight excluding hydrogens is 340 g/mol. The molecule has 2 amide bonds. The van der Waals surface area contributed by atoms with Crippen molar-refractivity contribution in [3.05, 3.63) is 65.7 Å². The molecule has 0 aliphatic carbocycles. The van der Waals surface area contributed by atoms with Crippen molar-refractivity contribution in [2.24, 2.45) is 0 Å². The van der Waals surface area contributed by atoms with Crippen molar-refractivity contribution in [2.75, 3.05) is 6.54 Å². The Balaban J connectivity index is 1.64. The Morgan fingerprint density at radius 3 is 2.40 bits per heavy atom. The van der Waals surface area contributed by atoms with Gasteiger partial charge in [-0.1, -0.05) is 42.5 Å². The molecule has 2 aromatic carbocycles. The van der Waals surface area contributed by atoms with Crippen LogP contribution in [0.25, 0.3) is 0 Å². The number of carbonyl (C=O) groups excluding carboxylic acids is 2. The number of nitrogens with one attached hydrogen (secondary N) is 1. The fourth-order valence-electron chi connectivity index (χ4n) is 2.79. The lowest BCUT2D eigenvalue weighted by Gasteiger charge is -2.17. The van der Waals surface area contributed by atoms with Crippen molar-refractivity contribution in [1.82, 2.24) is 9.62 Å². The molecule has 7 heteroatoms. The lowest BCUT2D eigenvalue weighted by molar-refractivity contribution is -0.121. The van der Waals surface area contributed by atoms with E-state index in [9.17, 15) is 18.0 Å². The van der Waals surface area contributed by atoms with Crippen LogP contribution in [0.4, 0.5) is 0 Å². The van der Waals surface area contributed by atoms with Gasteiger partial charge in [-0.25, -0.2) is 12.7 Å². The molecule has 1 heterocycles. The third kappa shape index (κ3) is 3.28. The van der Waals surface area contributed by atoms with E-state index in [1.807, 2.05) is 37.3 Å². The summed E-state index contributed by atoms with van der Waals surface area (Å²) >= 11 is 0. The number of amides is 2. The van der Waals surface area contributed by atoms with Crippen LogP contribution in [-0.2, 0) is 14.8 Å². The normalized spacial score (nSPS) is 16.4. The minimum Gasteiger partial charge on any atom is -0.350 e. The maximum atomic E-state index is 12.4. The third-order valence-electron chi connectivity index (χ3n) is 4.13. The summed E-state index contributed by atoms with van der Waals surface area (Å²) in [6.07, 6.45) is -0.0872. The first kappa shape index (κ1) is 17.2. The summed E-state index contributed by atoms with van der Waals surface area (Å²) in [5.41, 5.74) is 1.11. The Labute approximate surface area is 146 Å². The highest BCUT2D eigenvalue weighted by molar-refractivity contribution is 7.90. The predicted molar refractivity (Wildman–Crippen MR) is 92.3 cm³/mol. The first-order valence-electron chi connectivity index (χ1n) is 7.91. The number of carbonyl (C=O) groups is 2. The molecule has 1 aliphatic heterocycles. The highest BCUT2D eigenvalue weighted by Crippen LogP contribution is 2.29. The second kappa shape index (κ2) is 6.68. The van der Waals surface area contributed by atoms with E-state index in [2.05, 4.69) is 5.32 Å². The average Bonchev–Trinajstić information content (AvgIpc) is 2.80. The molecule has 25 heavy (non-hydrogen) atoms. The molecular formula is C18H18N2O4S. The van der Waals surface area contributed by atoms with E-state index < -0.39 is 15.9 Å². The molecule has 0 unspecified atom stereocenters. The van der Waals surface area contributed by atoms with Gasteiger partial charge in [0, 0.05) is 13.0 Å². The Hall–Kier alpha value is -2.67. The summed E-state index contributed by atoms with van der Waals surface area (Å²) in [6, 6.07) is 15.3. The summed E-state index contributed by atoms with van der Waals surface area (Å²) in [5.74, 6) is -0.894. The molecule has 0 saturated heterocycles. The largest absolute Gasteiger partial charge is 0.350 e. The van der Waals surface area contributed by atoms with E-state index in [0.717, 1.165) is 9.87 Å². The Kier molecular flexibility index (Phi) is 4.59. The second-order valence-corrected chi connectivity index (χ2v) is 7.66. The quantitative estimate of drug-likeness (QED) is 0.887. The fourth-order valence-corrected chi connectivity index (χ4v) is 4.36. The molecule has 1 aliphatic rings. The van der Waals surface area contributed by atoms with Gasteiger partial charge in [-0.3, -0.25) is 9.59 Å². The van der Waals surface area contributed by atoms with Crippen LogP contribution < -0.4 is 5.32 Å². The van der Waals surface area contributed by atoms with Crippen molar-refractivity contribution >= 4 is 21.8 Å². The molecule has 1 atom stereocenters. The number of benzene rings is 2. The molecule has 0 saturated carbocycles. The summed E-state index contributed by atoms with van der Waals surface area (Å²) in [6.45, 7) is 1.67. The van der Waals surface area contributed by atoms with Crippen LogP contribution in [0.2, 0.25) is 0 Å². The number of hydrogen-bond acceptors (Lipinski definition) is 4. The van der Waals surface area contributed by atoms with Gasteiger partial charge in [0.15, 0.2) is 0 Å². The van der Waals surface area contributed by atoms with E-state index in [1.54, 1.807) is 12.1 Å². The third-order valence-corrected chi connectivity index (χ3v) is 5.97. The number of fused-ring (bicyclic) bond motifs is 1. The maximum Gasteiger partial charge on any atom is 0.269 e. The van der Waals surface area contributed by atoms with Gasteiger partial charge < -0.3 is 5.32 Å². The molecule has 2 aromatic rings. The second-order valence-electron chi connectivity index (χ2n) is 5.83. The first-order valence-corrected chi connectivity index (χ1v) is 9.35. The summed E-state index contributed by atoms with van der Waals surface area (Å²) in [4.78, 5) is 24.4. The van der Waals surface area contributed by atoms with Crippen molar-refractivity contribution in [1.29, 1.82) is 0 Å². The minimum atomic E-state index is -3.87. The molecule has 0 radical (unpaired) electrons. The molecule has 3 rings (SSSR count). The van der Waals surface area contributed by atoms with E-state index in [4.69, 9.17) is 0 Å². The number of hydrogen-bond donors (Lipinski definition) is 1. The van der Waals surface area contributed by atoms with E-state index >= 15 is 0 Å². The van der Waals surface area contributed by atoms with Gasteiger partial charge in [-0.05, 0) is 24.6 Å². The van der Waals surface area contributed by atoms with Crippen molar-refractivity contribution in [3.8, 4) is 0 Å². The van der Waals surface area contributed by atoms with Crippen molar-refractivity contribution in [2.45, 2.75) is 24.3 Å². The number of rotatable bonds is 5. The monoisotopic (exact) mass is 358 g/mol. The van der Waals surface area contributed by atoms with Gasteiger partial charge in [0.1, 0.15) is 4.90 Å². The van der Waals surface area contributed by atoms with Crippen LogP contribution >= 0.6 is 0 Å². The minimum absolute atomic E-state index is 0.00179. The summed E-state index contributed by atoms with van der Waals surface area (Å²) in [7, 11) is -3.87. The lowest BCUT2D eigenvalue weighted by atomic mass is 10.1. The molecule has 0 spiro atoms. The Bertz CT molecular complexity index is 910. The molecule has 0 aromatic heterocycles. The van der Waals surface area contributed by atoms with Crippen molar-refractivity contribution in [3.63, 3.8) is 0 Å². The standard InChI is InChI=1S/C18H18N2O4S/c1-13(14-7-3-2-4-8-14)19-17(21)11-12-20-18(22)15-9-5-6-10-16(15)25(20,23)24/h2-10,13H,11-12H2,1H3,(H,19,21)/t13-/m1/s1. The van der Waals surface area contributed by atoms with Crippen LogP contribution in [0.5, 0.6) is 0 Å². The fraction of sp³-hybridized carbons (Fsp3) is 0.222. The molecule has 6 nitrogen and oxygen atoms in total. The van der Waals surface area contributed by atoms with Crippen LogP contribution in [0.3, 0.4) is 0 Å². The van der Waals surface area contributed by atoms with Gasteiger partial charge in [-0.2, -0.15) is 0 Å². The number of sulfonamides is 1. The van der Waals surface area contributed by atoms with Crippen LogP contribution in [-0.4, -0.2) is 31.1 Å². The highest BCUT2D eigenvalue weighted by atomic mass is 32.2. The zero-order chi connectivity index (χ0) is 18.0. The van der Waals surface area contributed by atoms with E-state index in [-0.39, 0.29) is 35.4 Å². The maximum absolute atomic E-state index is 12.4. The smallest absolute Gasteiger partial charge is 0.269 e. The van der Waals surface area contributed by atoms with E-state index in [1.165, 1.54) is 12.1 Å². The number of nitrogens with zero attached hydrogens (tertiary/aromatic N) is 1. The molecule has 1 N–H and O–H groups in total. The Morgan fingerprint density at radius 1 is 1.08 bits per heavy atom. The predicted octanol–water partition coefficient (Wildman–Crippen LogP) is 2.10. The molecule has 130 valence electrons. The van der Waals surface area contributed by atoms with E-state index in [0.29, 0.717) is 0 Å². The first-order chi connectivity index (χ1) is 11.9. The van der Waals surface area contributed by atoms with Crippen molar-refractivity contribution < 1.29 is 18.0 Å². The summed E-state index contributed by atoms with van der Waals surface area (Å²) in [5, 5.41) is 2.81. The SMILES string of the molecule is C[C@@H](NC(=O)CCN1C(=O)c2ccccc2S1(=O)=O)c1ccccc1. The Morgan fingerprint density at radius 2 is 1.72 bits per heavy atom. The van der Waals surface area contributed by atoms with Crippen LogP contribution in [0.15, 0.2) is 59.5 Å². The summed E-state index contributed by atoms with van der Waals surface area (Å²) < 4.78 is 25.6. The topological polar surface area (TPSA) is 83.6 Å². The molecule has 0 bridgehead atoms. The van der Waals surface area contributed by atoms with Gasteiger partial charge in [0.25, 0.3) is 15.9 Å². The highest BCUT2D eigenvalue weighted by Gasteiger charge is 2.40. The van der Waals surface area contributed by atoms with Gasteiger partial charge in [0.05, 0.1) is 11.6 Å². The lowest BCUT2D eigenvalue weighted by Crippen LogP contribution is -2.35. The van der Waals surface area contributed by atoms with Gasteiger partial charge in [-0.15, -0.1) is 0 Å². The van der Waals surface area contributed by atoms with Gasteiger partial charge >= 0.3 is 0 Å². The van der Waals surface area contributed by atoms with Gasteiger partial charge in [0.2, 0.25) is 5.91 Å². The van der Waals surface area contributed by atoms with Crippen LogP contribution in [0.1, 0.15) is 35.3 Å². The molecule has 0 fully saturated rings. The zero-order valence-electron chi connectivity index (χ0n) is 13.7. The average molecular weight is 358 g/mol. The van der Waals surface area contributed by atoms with Crippen LogP contribution in [0, 0.1) is 0 Å².